The maximum Gasteiger partial charge on any atom is 0.0610 e. The van der Waals surface area contributed by atoms with E-state index in [4.69, 9.17) is 0 Å². The molecular weight excluding hydrogens is 174 g/mol. The average molecular weight is 197 g/mol. The Kier molecular flexibility index (Phi) is 2.61. The van der Waals surface area contributed by atoms with E-state index in [0.717, 1.165) is 17.9 Å². The molecule has 82 valence electrons. The summed E-state index contributed by atoms with van der Waals surface area (Å²) in [5, 5.41) is 9.35. The zero-order valence-corrected chi connectivity index (χ0v) is 9.66. The average Bonchev–Trinajstić information content (AvgIpc) is 2.77. The van der Waals surface area contributed by atoms with Gasteiger partial charge in [0.25, 0.3) is 0 Å². The molecule has 0 aliphatic heterocycles. The summed E-state index contributed by atoms with van der Waals surface area (Å²) in [5.41, 5.74) is -0.0465. The number of hydrogen-bond donors (Lipinski definition) is 1. The molecule has 2 heteroatoms. The summed E-state index contributed by atoms with van der Waals surface area (Å²) >= 11 is 0. The second kappa shape index (κ2) is 3.49. The lowest BCUT2D eigenvalue weighted by Gasteiger charge is -2.42. The van der Waals surface area contributed by atoms with Crippen LogP contribution in [0.3, 0.4) is 0 Å². The fourth-order valence-corrected chi connectivity index (χ4v) is 3.25. The van der Waals surface area contributed by atoms with Gasteiger partial charge < -0.3 is 5.11 Å². The van der Waals surface area contributed by atoms with Crippen molar-refractivity contribution in [3.63, 3.8) is 0 Å². The maximum absolute atomic E-state index is 9.35. The minimum absolute atomic E-state index is 0.0465. The van der Waals surface area contributed by atoms with Crippen LogP contribution in [0.2, 0.25) is 0 Å². The molecule has 2 aliphatic carbocycles. The fraction of sp³-hybridized carbons (Fsp3) is 1.00. The van der Waals surface area contributed by atoms with Crippen molar-refractivity contribution in [2.75, 3.05) is 13.7 Å². The van der Waals surface area contributed by atoms with Gasteiger partial charge >= 0.3 is 0 Å². The first-order valence-electron chi connectivity index (χ1n) is 5.88. The van der Waals surface area contributed by atoms with Gasteiger partial charge in [-0.2, -0.15) is 0 Å². The number of likely N-dealkylation sites (N-methyl/N-ethyl adjacent to an activating group) is 1. The Hall–Kier alpha value is -0.0800. The van der Waals surface area contributed by atoms with E-state index >= 15 is 0 Å². The number of aliphatic hydroxyl groups is 1. The van der Waals surface area contributed by atoms with E-state index in [9.17, 15) is 5.11 Å². The minimum Gasteiger partial charge on any atom is -0.394 e. The van der Waals surface area contributed by atoms with Gasteiger partial charge in [0.05, 0.1) is 6.61 Å². The summed E-state index contributed by atoms with van der Waals surface area (Å²) < 4.78 is 0. The van der Waals surface area contributed by atoms with E-state index in [0.29, 0.717) is 0 Å². The van der Waals surface area contributed by atoms with Gasteiger partial charge in [0, 0.05) is 11.6 Å². The zero-order valence-electron chi connectivity index (χ0n) is 9.66. The number of fused-ring (bicyclic) bond motifs is 2. The highest BCUT2D eigenvalue weighted by Crippen LogP contribution is 2.47. The smallest absolute Gasteiger partial charge is 0.0610 e. The first-order valence-corrected chi connectivity index (χ1v) is 5.88. The molecule has 0 aromatic rings. The van der Waals surface area contributed by atoms with E-state index in [1.807, 2.05) is 0 Å². The third-order valence-corrected chi connectivity index (χ3v) is 4.54. The van der Waals surface area contributed by atoms with E-state index in [-0.39, 0.29) is 12.1 Å². The van der Waals surface area contributed by atoms with Gasteiger partial charge in [-0.3, -0.25) is 4.90 Å². The molecule has 0 heterocycles. The largest absolute Gasteiger partial charge is 0.394 e. The van der Waals surface area contributed by atoms with E-state index in [1.54, 1.807) is 0 Å². The van der Waals surface area contributed by atoms with Crippen molar-refractivity contribution in [1.29, 1.82) is 0 Å². The summed E-state index contributed by atoms with van der Waals surface area (Å²) in [7, 11) is 2.18. The number of nitrogens with zero attached hydrogens (tertiary/aromatic N) is 1. The summed E-state index contributed by atoms with van der Waals surface area (Å²) in [6, 6.07) is 0.732. The monoisotopic (exact) mass is 197 g/mol. The molecule has 3 unspecified atom stereocenters. The molecule has 2 nitrogen and oxygen atoms in total. The quantitative estimate of drug-likeness (QED) is 0.746. The lowest BCUT2D eigenvalue weighted by Crippen LogP contribution is -2.51. The van der Waals surface area contributed by atoms with E-state index in [2.05, 4.69) is 25.8 Å². The SMILES string of the molecule is CN(C1CC2CCC1C2)C(C)(C)CO. The van der Waals surface area contributed by atoms with Gasteiger partial charge in [-0.25, -0.2) is 0 Å². The third-order valence-electron chi connectivity index (χ3n) is 4.54. The first-order chi connectivity index (χ1) is 6.54. The van der Waals surface area contributed by atoms with Crippen LogP contribution in [-0.4, -0.2) is 35.2 Å². The number of rotatable bonds is 3. The Balaban J connectivity index is 2.02. The molecule has 2 fully saturated rings. The molecule has 1 N–H and O–H groups in total. The standard InChI is InChI=1S/C12H23NO/c1-12(2,8-14)13(3)11-7-9-4-5-10(11)6-9/h9-11,14H,4-8H2,1-3H3. The van der Waals surface area contributed by atoms with Crippen molar-refractivity contribution < 1.29 is 5.11 Å². The Labute approximate surface area is 87.3 Å². The van der Waals surface area contributed by atoms with Crippen LogP contribution in [0.25, 0.3) is 0 Å². The molecule has 0 aromatic carbocycles. The molecule has 2 rings (SSSR count). The molecule has 2 bridgehead atoms. The van der Waals surface area contributed by atoms with Crippen LogP contribution >= 0.6 is 0 Å². The van der Waals surface area contributed by atoms with Crippen molar-refractivity contribution in [2.45, 2.75) is 51.1 Å². The number of hydrogen-bond acceptors (Lipinski definition) is 2. The molecule has 2 saturated carbocycles. The molecule has 0 spiro atoms. The summed E-state index contributed by atoms with van der Waals surface area (Å²) in [6.07, 6.45) is 5.68. The van der Waals surface area contributed by atoms with E-state index in [1.165, 1.54) is 25.7 Å². The maximum atomic E-state index is 9.35. The van der Waals surface area contributed by atoms with Crippen LogP contribution in [0.5, 0.6) is 0 Å². The van der Waals surface area contributed by atoms with Gasteiger partial charge in [0.1, 0.15) is 0 Å². The summed E-state index contributed by atoms with van der Waals surface area (Å²) in [6.45, 7) is 4.54. The van der Waals surface area contributed by atoms with E-state index < -0.39 is 0 Å². The van der Waals surface area contributed by atoms with Gasteiger partial charge in [0.2, 0.25) is 0 Å². The van der Waals surface area contributed by atoms with Gasteiger partial charge in [-0.1, -0.05) is 6.42 Å². The van der Waals surface area contributed by atoms with Crippen LogP contribution < -0.4 is 0 Å². The van der Waals surface area contributed by atoms with Crippen molar-refractivity contribution in [3.05, 3.63) is 0 Å². The Bertz CT molecular complexity index is 214. The Morgan fingerprint density at radius 2 is 2.00 bits per heavy atom. The van der Waals surface area contributed by atoms with Crippen LogP contribution in [0.15, 0.2) is 0 Å². The molecule has 0 saturated heterocycles. The third kappa shape index (κ3) is 1.59. The molecule has 2 aliphatic rings. The topological polar surface area (TPSA) is 23.5 Å². The first kappa shape index (κ1) is 10.4. The van der Waals surface area contributed by atoms with Gasteiger partial charge in [0.15, 0.2) is 0 Å². The predicted octanol–water partition coefficient (Wildman–Crippen LogP) is 1.88. The highest BCUT2D eigenvalue weighted by Gasteiger charge is 2.44. The van der Waals surface area contributed by atoms with Gasteiger partial charge in [-0.15, -0.1) is 0 Å². The van der Waals surface area contributed by atoms with Crippen molar-refractivity contribution >= 4 is 0 Å². The van der Waals surface area contributed by atoms with Crippen LogP contribution in [0.4, 0.5) is 0 Å². The summed E-state index contributed by atoms with van der Waals surface area (Å²) in [4.78, 5) is 2.41. The lowest BCUT2D eigenvalue weighted by atomic mass is 9.91. The highest BCUT2D eigenvalue weighted by atomic mass is 16.3. The van der Waals surface area contributed by atoms with Crippen LogP contribution in [0.1, 0.15) is 39.5 Å². The second-order valence-corrected chi connectivity index (χ2v) is 5.82. The molecule has 0 radical (unpaired) electrons. The minimum atomic E-state index is -0.0465. The molecular formula is C12H23NO. The van der Waals surface area contributed by atoms with Crippen LogP contribution in [-0.2, 0) is 0 Å². The van der Waals surface area contributed by atoms with Crippen molar-refractivity contribution in [2.24, 2.45) is 11.8 Å². The zero-order chi connectivity index (χ0) is 10.3. The summed E-state index contributed by atoms with van der Waals surface area (Å²) in [5.74, 6) is 1.90. The number of aliphatic hydroxyl groups excluding tert-OH is 1. The second-order valence-electron chi connectivity index (χ2n) is 5.82. The lowest BCUT2D eigenvalue weighted by molar-refractivity contribution is 0.0251. The predicted molar refractivity (Wildman–Crippen MR) is 58.2 cm³/mol. The fourth-order valence-electron chi connectivity index (χ4n) is 3.25. The molecule has 14 heavy (non-hydrogen) atoms. The Morgan fingerprint density at radius 3 is 2.43 bits per heavy atom. The Morgan fingerprint density at radius 1 is 1.29 bits per heavy atom. The molecule has 3 atom stereocenters. The van der Waals surface area contributed by atoms with Crippen LogP contribution in [0, 0.1) is 11.8 Å². The van der Waals surface area contributed by atoms with Gasteiger partial charge in [-0.05, 0) is 52.0 Å². The normalized spacial score (nSPS) is 37.1. The molecule has 0 aromatic heterocycles. The molecule has 0 amide bonds. The highest BCUT2D eigenvalue weighted by molar-refractivity contribution is 4.97. The van der Waals surface area contributed by atoms with Crippen molar-refractivity contribution in [3.8, 4) is 0 Å². The van der Waals surface area contributed by atoms with Crippen molar-refractivity contribution in [1.82, 2.24) is 4.90 Å².